The molecule has 0 unspecified atom stereocenters. The average Bonchev–Trinajstić information content (AvgIpc) is 3.13. The fourth-order valence-corrected chi connectivity index (χ4v) is 3.03. The number of methoxy groups -OCH3 is 1. The van der Waals surface area contributed by atoms with Crippen LogP contribution in [-0.4, -0.2) is 40.5 Å². The lowest BCUT2D eigenvalue weighted by atomic mass is 10.1. The lowest BCUT2D eigenvalue weighted by molar-refractivity contribution is 0.0954. The molecule has 0 spiro atoms. The van der Waals surface area contributed by atoms with E-state index in [1.165, 1.54) is 6.07 Å². The molecule has 0 aliphatic heterocycles. The van der Waals surface area contributed by atoms with Gasteiger partial charge in [0.25, 0.3) is 11.8 Å². The molecule has 2 amide bonds. The van der Waals surface area contributed by atoms with Crippen LogP contribution in [0.5, 0.6) is 5.75 Å². The van der Waals surface area contributed by atoms with Crippen molar-refractivity contribution in [3.8, 4) is 11.4 Å². The maximum atomic E-state index is 12.9. The van der Waals surface area contributed by atoms with Gasteiger partial charge < -0.3 is 15.4 Å². The van der Waals surface area contributed by atoms with Gasteiger partial charge >= 0.3 is 0 Å². The van der Waals surface area contributed by atoms with E-state index in [1.807, 2.05) is 25.1 Å². The van der Waals surface area contributed by atoms with E-state index in [9.17, 15) is 9.59 Å². The van der Waals surface area contributed by atoms with Crippen molar-refractivity contribution in [3.63, 3.8) is 0 Å². The number of nitrogens with zero attached hydrogens (tertiary/aromatic N) is 3. The van der Waals surface area contributed by atoms with Crippen LogP contribution in [0.3, 0.4) is 0 Å². The highest BCUT2D eigenvalue weighted by Gasteiger charge is 2.20. The van der Waals surface area contributed by atoms with E-state index in [4.69, 9.17) is 16.3 Å². The van der Waals surface area contributed by atoms with E-state index in [1.54, 1.807) is 36.9 Å². The maximum absolute atomic E-state index is 12.9. The number of aromatic nitrogens is 3. The molecule has 156 valence electrons. The number of hydrogen-bond donors (Lipinski definition) is 2. The van der Waals surface area contributed by atoms with Crippen molar-refractivity contribution in [2.45, 2.75) is 20.3 Å². The normalized spacial score (nSPS) is 10.5. The second-order valence-electron chi connectivity index (χ2n) is 6.54. The number of carbonyl (C=O) groups is 2. The van der Waals surface area contributed by atoms with Gasteiger partial charge in [-0.05, 0) is 43.7 Å². The van der Waals surface area contributed by atoms with Gasteiger partial charge in [-0.15, -0.1) is 5.10 Å². The minimum Gasteiger partial charge on any atom is -0.497 e. The molecule has 0 fully saturated rings. The van der Waals surface area contributed by atoms with Crippen LogP contribution in [0.1, 0.15) is 39.9 Å². The van der Waals surface area contributed by atoms with E-state index in [2.05, 4.69) is 20.9 Å². The average molecular weight is 428 g/mol. The van der Waals surface area contributed by atoms with Gasteiger partial charge in [-0.25, -0.2) is 4.68 Å². The standard InChI is InChI=1S/C21H22ClN5O3/c1-4-10-23-20(28)17-9-8-14(22)11-18(17)24-21(29)19-13(2)27(26-25-19)15-6-5-7-16(12-15)30-3/h5-9,11-12H,4,10H2,1-3H3,(H,23,28)(H,24,29). The molecule has 2 aromatic carbocycles. The summed E-state index contributed by atoms with van der Waals surface area (Å²) in [6, 6.07) is 12.0. The molecule has 30 heavy (non-hydrogen) atoms. The molecular weight excluding hydrogens is 406 g/mol. The third kappa shape index (κ3) is 4.60. The first kappa shape index (κ1) is 21.3. The molecule has 9 heteroatoms. The molecule has 1 aromatic heterocycles. The van der Waals surface area contributed by atoms with Gasteiger partial charge in [-0.3, -0.25) is 9.59 Å². The first-order valence-corrected chi connectivity index (χ1v) is 9.78. The number of nitrogens with one attached hydrogen (secondary N) is 2. The summed E-state index contributed by atoms with van der Waals surface area (Å²) in [6.45, 7) is 4.23. The van der Waals surface area contributed by atoms with Gasteiger partial charge in [0.15, 0.2) is 5.69 Å². The number of halogens is 1. The molecule has 0 aliphatic carbocycles. The maximum Gasteiger partial charge on any atom is 0.278 e. The fraction of sp³-hybridized carbons (Fsp3) is 0.238. The van der Waals surface area contributed by atoms with Crippen LogP contribution in [0.2, 0.25) is 5.02 Å². The van der Waals surface area contributed by atoms with Crippen LogP contribution in [0, 0.1) is 6.92 Å². The summed E-state index contributed by atoms with van der Waals surface area (Å²) in [4.78, 5) is 25.3. The third-order valence-corrected chi connectivity index (χ3v) is 4.65. The molecule has 0 saturated carbocycles. The first-order valence-electron chi connectivity index (χ1n) is 9.40. The molecule has 0 bridgehead atoms. The van der Waals surface area contributed by atoms with Gasteiger partial charge in [0.1, 0.15) is 5.75 Å². The van der Waals surface area contributed by atoms with Crippen LogP contribution in [0.4, 0.5) is 5.69 Å². The highest BCUT2D eigenvalue weighted by Crippen LogP contribution is 2.23. The Morgan fingerprint density at radius 1 is 1.17 bits per heavy atom. The largest absolute Gasteiger partial charge is 0.497 e. The number of ether oxygens (including phenoxy) is 1. The molecule has 8 nitrogen and oxygen atoms in total. The van der Waals surface area contributed by atoms with Crippen LogP contribution in [-0.2, 0) is 0 Å². The Morgan fingerprint density at radius 3 is 2.70 bits per heavy atom. The second kappa shape index (κ2) is 9.41. The van der Waals surface area contributed by atoms with E-state index < -0.39 is 5.91 Å². The summed E-state index contributed by atoms with van der Waals surface area (Å²) in [5, 5.41) is 14.0. The van der Waals surface area contributed by atoms with Gasteiger partial charge in [-0.2, -0.15) is 0 Å². The van der Waals surface area contributed by atoms with Gasteiger partial charge in [0, 0.05) is 17.6 Å². The SMILES string of the molecule is CCCNC(=O)c1ccc(Cl)cc1NC(=O)c1nnn(-c2cccc(OC)c2)c1C. The third-order valence-electron chi connectivity index (χ3n) is 4.42. The van der Waals surface area contributed by atoms with Crippen molar-refractivity contribution in [3.05, 3.63) is 64.4 Å². The first-order chi connectivity index (χ1) is 14.4. The summed E-state index contributed by atoms with van der Waals surface area (Å²) in [7, 11) is 1.57. The molecule has 3 aromatic rings. The predicted molar refractivity (Wildman–Crippen MR) is 115 cm³/mol. The number of benzene rings is 2. The highest BCUT2D eigenvalue weighted by molar-refractivity contribution is 6.31. The van der Waals surface area contributed by atoms with Crippen molar-refractivity contribution >= 4 is 29.1 Å². The van der Waals surface area contributed by atoms with E-state index in [-0.39, 0.29) is 11.6 Å². The lowest BCUT2D eigenvalue weighted by Gasteiger charge is -2.11. The molecule has 1 heterocycles. The van der Waals surface area contributed by atoms with Crippen molar-refractivity contribution in [2.24, 2.45) is 0 Å². The Balaban J connectivity index is 1.88. The van der Waals surface area contributed by atoms with Crippen LogP contribution >= 0.6 is 11.6 Å². The van der Waals surface area contributed by atoms with Crippen LogP contribution in [0.15, 0.2) is 42.5 Å². The molecular formula is C21H22ClN5O3. The second-order valence-corrected chi connectivity index (χ2v) is 6.97. The molecule has 0 aliphatic rings. The van der Waals surface area contributed by atoms with E-state index >= 15 is 0 Å². The monoisotopic (exact) mass is 427 g/mol. The zero-order chi connectivity index (χ0) is 21.7. The van der Waals surface area contributed by atoms with Crippen molar-refractivity contribution in [2.75, 3.05) is 19.0 Å². The summed E-state index contributed by atoms with van der Waals surface area (Å²) < 4.78 is 6.78. The topological polar surface area (TPSA) is 98.1 Å². The fourth-order valence-electron chi connectivity index (χ4n) is 2.86. The van der Waals surface area contributed by atoms with Gasteiger partial charge in [0.05, 0.1) is 29.7 Å². The Kier molecular flexibility index (Phi) is 6.68. The van der Waals surface area contributed by atoms with Crippen LogP contribution in [0.25, 0.3) is 5.69 Å². The highest BCUT2D eigenvalue weighted by atomic mass is 35.5. The van der Waals surface area contributed by atoms with Gasteiger partial charge in [-0.1, -0.05) is 29.8 Å². The van der Waals surface area contributed by atoms with E-state index in [0.29, 0.717) is 39.9 Å². The molecule has 3 rings (SSSR count). The number of amides is 2. The minimum atomic E-state index is -0.492. The molecule has 0 radical (unpaired) electrons. The smallest absolute Gasteiger partial charge is 0.278 e. The molecule has 0 saturated heterocycles. The number of carbonyl (C=O) groups excluding carboxylic acids is 2. The Labute approximate surface area is 179 Å². The number of hydrogen-bond acceptors (Lipinski definition) is 5. The minimum absolute atomic E-state index is 0.137. The Morgan fingerprint density at radius 2 is 1.97 bits per heavy atom. The number of rotatable bonds is 7. The summed E-state index contributed by atoms with van der Waals surface area (Å²) in [5.41, 5.74) is 2.01. The van der Waals surface area contributed by atoms with Crippen molar-refractivity contribution in [1.82, 2.24) is 20.3 Å². The van der Waals surface area contributed by atoms with Crippen molar-refractivity contribution in [1.29, 1.82) is 0 Å². The number of anilines is 1. The van der Waals surface area contributed by atoms with Crippen molar-refractivity contribution < 1.29 is 14.3 Å². The zero-order valence-electron chi connectivity index (χ0n) is 16.9. The Bertz CT molecular complexity index is 1080. The van der Waals surface area contributed by atoms with E-state index in [0.717, 1.165) is 6.42 Å². The molecule has 0 atom stereocenters. The van der Waals surface area contributed by atoms with Crippen LogP contribution < -0.4 is 15.4 Å². The lowest BCUT2D eigenvalue weighted by Crippen LogP contribution is -2.26. The summed E-state index contributed by atoms with van der Waals surface area (Å²) in [5.74, 6) is -0.121. The zero-order valence-corrected chi connectivity index (χ0v) is 17.7. The summed E-state index contributed by atoms with van der Waals surface area (Å²) >= 11 is 6.07. The predicted octanol–water partition coefficient (Wildman–Crippen LogP) is 3.63. The Hall–Kier alpha value is -3.39. The summed E-state index contributed by atoms with van der Waals surface area (Å²) in [6.07, 6.45) is 0.799. The molecule has 2 N–H and O–H groups in total. The quantitative estimate of drug-likeness (QED) is 0.600. The van der Waals surface area contributed by atoms with Gasteiger partial charge in [0.2, 0.25) is 0 Å².